The number of rotatable bonds is 6. The van der Waals surface area contributed by atoms with E-state index in [1.54, 1.807) is 0 Å². The van der Waals surface area contributed by atoms with Crippen molar-refractivity contribution >= 4 is 39.2 Å². The van der Waals surface area contributed by atoms with E-state index < -0.39 is 46.6 Å². The average Bonchev–Trinajstić information content (AvgIpc) is 3.09. The van der Waals surface area contributed by atoms with Crippen LogP contribution in [0.25, 0.3) is 0 Å². The number of ether oxygens (including phenoxy) is 3. The van der Waals surface area contributed by atoms with E-state index in [0.29, 0.717) is 11.3 Å². The molecule has 1 aliphatic rings. The lowest BCUT2D eigenvalue weighted by atomic mass is 10.1. The average molecular weight is 599 g/mol. The predicted molar refractivity (Wildman–Crippen MR) is 138 cm³/mol. The zero-order valence-corrected chi connectivity index (χ0v) is 22.6. The van der Waals surface area contributed by atoms with Gasteiger partial charge in [0.05, 0.1) is 31.3 Å². The Labute approximate surface area is 232 Å². The smallest absolute Gasteiger partial charge is 0.497 e. The molecule has 14 heteroatoms. The number of sulfonamides is 1. The molecule has 40 heavy (non-hydrogen) atoms. The van der Waals surface area contributed by atoms with Gasteiger partial charge in [-0.05, 0) is 66.2 Å². The highest BCUT2D eigenvalue weighted by Gasteiger charge is 2.42. The van der Waals surface area contributed by atoms with Crippen molar-refractivity contribution in [2.24, 2.45) is 0 Å². The summed E-state index contributed by atoms with van der Waals surface area (Å²) in [5, 5.41) is 0.228. The first kappa shape index (κ1) is 29.2. The summed E-state index contributed by atoms with van der Waals surface area (Å²) in [6, 6.07) is 12.7. The summed E-state index contributed by atoms with van der Waals surface area (Å²) in [6.07, 6.45) is -4.92. The number of benzene rings is 3. The van der Waals surface area contributed by atoms with Gasteiger partial charge in [-0.2, -0.15) is 4.31 Å². The van der Waals surface area contributed by atoms with Crippen molar-refractivity contribution in [1.82, 2.24) is 4.31 Å². The van der Waals surface area contributed by atoms with Crippen LogP contribution in [0.3, 0.4) is 0 Å². The van der Waals surface area contributed by atoms with E-state index in [9.17, 15) is 31.2 Å². The Morgan fingerprint density at radius 3 is 2.15 bits per heavy atom. The largest absolute Gasteiger partial charge is 0.573 e. The van der Waals surface area contributed by atoms with Crippen LogP contribution in [-0.4, -0.2) is 57.8 Å². The van der Waals surface area contributed by atoms with E-state index in [1.165, 1.54) is 49.6 Å². The highest BCUT2D eigenvalue weighted by Crippen LogP contribution is 2.35. The number of amides is 1. The molecule has 3 aromatic rings. The number of alkyl halides is 3. The van der Waals surface area contributed by atoms with Gasteiger partial charge in [-0.15, -0.1) is 13.2 Å². The Balaban J connectivity index is 1.78. The second kappa shape index (κ2) is 11.4. The maximum absolute atomic E-state index is 13.8. The van der Waals surface area contributed by atoms with E-state index >= 15 is 0 Å². The molecule has 3 aromatic carbocycles. The first-order valence-electron chi connectivity index (χ1n) is 11.5. The Kier molecular flexibility index (Phi) is 8.28. The first-order valence-corrected chi connectivity index (χ1v) is 13.4. The van der Waals surface area contributed by atoms with Crippen molar-refractivity contribution in [2.45, 2.75) is 23.8 Å². The van der Waals surface area contributed by atoms with Crippen LogP contribution >= 0.6 is 11.6 Å². The SMILES string of the molecule is COC(=O)C1CN(C(=O)c2ccc(OC(F)(F)F)cc2)c2cc(Cl)ccc2CN1S(=O)(=O)c1ccc(OC)cc1. The fraction of sp³-hybridized carbons (Fsp3) is 0.231. The van der Waals surface area contributed by atoms with E-state index in [1.807, 2.05) is 0 Å². The van der Waals surface area contributed by atoms with Crippen molar-refractivity contribution in [1.29, 1.82) is 0 Å². The van der Waals surface area contributed by atoms with Crippen molar-refractivity contribution in [3.05, 3.63) is 82.9 Å². The lowest BCUT2D eigenvalue weighted by Crippen LogP contribution is -2.50. The minimum Gasteiger partial charge on any atom is -0.497 e. The van der Waals surface area contributed by atoms with Crippen LogP contribution in [0.2, 0.25) is 5.02 Å². The number of fused-ring (bicyclic) bond motifs is 1. The summed E-state index contributed by atoms with van der Waals surface area (Å²) < 4.78 is 80.1. The number of carbonyl (C=O) groups is 2. The van der Waals surface area contributed by atoms with E-state index in [4.69, 9.17) is 21.1 Å². The van der Waals surface area contributed by atoms with Crippen LogP contribution in [0.4, 0.5) is 18.9 Å². The van der Waals surface area contributed by atoms with Crippen LogP contribution in [0.15, 0.2) is 71.6 Å². The molecule has 0 bridgehead atoms. The molecule has 0 aromatic heterocycles. The van der Waals surface area contributed by atoms with E-state index in [2.05, 4.69) is 4.74 Å². The molecule has 1 unspecified atom stereocenters. The zero-order valence-electron chi connectivity index (χ0n) is 21.0. The fourth-order valence-corrected chi connectivity index (χ4v) is 5.89. The van der Waals surface area contributed by atoms with Crippen molar-refractivity contribution in [2.75, 3.05) is 25.7 Å². The van der Waals surface area contributed by atoms with Gasteiger partial charge in [0.2, 0.25) is 10.0 Å². The topological polar surface area (TPSA) is 102 Å². The first-order chi connectivity index (χ1) is 18.8. The van der Waals surface area contributed by atoms with Crippen LogP contribution < -0.4 is 14.4 Å². The summed E-state index contributed by atoms with van der Waals surface area (Å²) in [5.41, 5.74) is 0.517. The van der Waals surface area contributed by atoms with E-state index in [0.717, 1.165) is 40.6 Å². The van der Waals surface area contributed by atoms with Crippen molar-refractivity contribution < 1.29 is 45.4 Å². The van der Waals surface area contributed by atoms with Crippen LogP contribution in [0, 0.1) is 0 Å². The molecule has 1 amide bonds. The fourth-order valence-electron chi connectivity index (χ4n) is 4.17. The monoisotopic (exact) mass is 598 g/mol. The normalized spacial score (nSPS) is 16.1. The van der Waals surface area contributed by atoms with Gasteiger partial charge < -0.3 is 19.1 Å². The third-order valence-electron chi connectivity index (χ3n) is 6.09. The molecule has 0 aliphatic carbocycles. The van der Waals surface area contributed by atoms with Gasteiger partial charge in [0.1, 0.15) is 17.5 Å². The number of nitrogens with zero attached hydrogens (tertiary/aromatic N) is 2. The van der Waals surface area contributed by atoms with Crippen LogP contribution in [-0.2, 0) is 26.1 Å². The lowest BCUT2D eigenvalue weighted by Gasteiger charge is -2.29. The lowest BCUT2D eigenvalue weighted by molar-refractivity contribution is -0.274. The molecule has 0 spiro atoms. The molecular weight excluding hydrogens is 577 g/mol. The second-order valence-electron chi connectivity index (χ2n) is 8.53. The molecule has 0 fully saturated rings. The number of esters is 1. The van der Waals surface area contributed by atoms with Crippen molar-refractivity contribution in [3.63, 3.8) is 0 Å². The van der Waals surface area contributed by atoms with Crippen LogP contribution in [0.1, 0.15) is 15.9 Å². The molecular formula is C26H22ClF3N2O7S. The quantitative estimate of drug-likeness (QED) is 0.381. The predicted octanol–water partition coefficient (Wildman–Crippen LogP) is 4.64. The summed E-state index contributed by atoms with van der Waals surface area (Å²) in [5.74, 6) is -1.77. The Hall–Kier alpha value is -3.81. The van der Waals surface area contributed by atoms with Gasteiger partial charge in [-0.25, -0.2) is 8.42 Å². The number of hydrogen-bond acceptors (Lipinski definition) is 7. The molecule has 212 valence electrons. The maximum Gasteiger partial charge on any atom is 0.573 e. The molecule has 1 aliphatic heterocycles. The van der Waals surface area contributed by atoms with Gasteiger partial charge in [0.15, 0.2) is 0 Å². The molecule has 0 radical (unpaired) electrons. The van der Waals surface area contributed by atoms with Gasteiger partial charge in [-0.1, -0.05) is 17.7 Å². The summed E-state index contributed by atoms with van der Waals surface area (Å²) in [7, 11) is -1.81. The summed E-state index contributed by atoms with van der Waals surface area (Å²) in [4.78, 5) is 27.7. The van der Waals surface area contributed by atoms with Gasteiger partial charge in [0.25, 0.3) is 5.91 Å². The standard InChI is InChI=1S/C26H22ClF3N2O7S/c1-37-19-9-11-21(12-10-19)40(35,36)32-14-17-3-6-18(27)13-22(17)31(15-23(32)25(34)38-2)24(33)16-4-7-20(8-5-16)39-26(28,29)30/h3-13,23H,14-15H2,1-2H3. The number of halogens is 4. The third kappa shape index (κ3) is 6.16. The van der Waals surface area contributed by atoms with Crippen molar-refractivity contribution in [3.8, 4) is 11.5 Å². The third-order valence-corrected chi connectivity index (χ3v) is 8.19. The minimum atomic E-state index is -4.92. The Morgan fingerprint density at radius 2 is 1.57 bits per heavy atom. The second-order valence-corrected chi connectivity index (χ2v) is 10.9. The van der Waals surface area contributed by atoms with Gasteiger partial charge >= 0.3 is 12.3 Å². The number of anilines is 1. The van der Waals surface area contributed by atoms with E-state index in [-0.39, 0.29) is 27.7 Å². The highest BCUT2D eigenvalue weighted by molar-refractivity contribution is 7.89. The number of carbonyl (C=O) groups excluding carboxylic acids is 2. The highest BCUT2D eigenvalue weighted by atomic mass is 35.5. The molecule has 1 atom stereocenters. The summed E-state index contributed by atoms with van der Waals surface area (Å²) in [6.45, 7) is -0.794. The molecule has 4 rings (SSSR count). The number of methoxy groups -OCH3 is 2. The maximum atomic E-state index is 13.8. The minimum absolute atomic E-state index is 0.0458. The Morgan fingerprint density at radius 1 is 0.950 bits per heavy atom. The van der Waals surface area contributed by atoms with Gasteiger partial charge in [0, 0.05) is 17.1 Å². The molecule has 1 heterocycles. The zero-order chi connectivity index (χ0) is 29.2. The van der Waals surface area contributed by atoms with Gasteiger partial charge in [-0.3, -0.25) is 9.59 Å². The summed E-state index contributed by atoms with van der Waals surface area (Å²) >= 11 is 6.21. The Bertz CT molecular complexity index is 1510. The molecule has 0 saturated heterocycles. The molecule has 0 saturated carbocycles. The molecule has 0 N–H and O–H groups in total. The number of hydrogen-bond donors (Lipinski definition) is 0. The molecule has 9 nitrogen and oxygen atoms in total. The van der Waals surface area contributed by atoms with Crippen LogP contribution in [0.5, 0.6) is 11.5 Å².